The largest absolute Gasteiger partial charge is 1.00 e. The molecular formula is C13H6Cl2N4NaO8S+. The van der Waals surface area contributed by atoms with Crippen molar-refractivity contribution >= 4 is 55.6 Å². The number of aromatic amines is 1. The molecule has 29 heavy (non-hydrogen) atoms. The number of rotatable bonds is 4. The first kappa shape index (κ1) is 23.3. The average Bonchev–Trinajstić information content (AvgIpc) is 2.91. The normalized spacial score (nSPS) is 11.3. The van der Waals surface area contributed by atoms with Crippen LogP contribution in [0.1, 0.15) is 0 Å². The zero-order chi connectivity index (χ0) is 21.0. The number of hydrogen-bond acceptors (Lipinski definition) is 7. The van der Waals surface area contributed by atoms with Gasteiger partial charge in [-0.2, -0.15) is 8.42 Å². The van der Waals surface area contributed by atoms with Crippen molar-refractivity contribution in [1.29, 1.82) is 0 Å². The topological polar surface area (TPSA) is 178 Å². The van der Waals surface area contributed by atoms with Crippen molar-refractivity contribution in [2.75, 3.05) is 0 Å². The van der Waals surface area contributed by atoms with E-state index in [1.807, 2.05) is 0 Å². The number of nitro groups is 2. The van der Waals surface area contributed by atoms with E-state index in [0.29, 0.717) is 10.7 Å². The maximum absolute atomic E-state index is 12.6. The summed E-state index contributed by atoms with van der Waals surface area (Å²) in [5.41, 5.74) is -2.84. The van der Waals surface area contributed by atoms with E-state index in [1.165, 1.54) is 0 Å². The molecule has 0 atom stereocenters. The summed E-state index contributed by atoms with van der Waals surface area (Å²) in [4.78, 5) is 32.3. The molecule has 1 heterocycles. The summed E-state index contributed by atoms with van der Waals surface area (Å²) in [5.74, 6) is 0. The maximum atomic E-state index is 12.6. The molecular weight excluding hydrogens is 466 g/mol. The van der Waals surface area contributed by atoms with E-state index in [9.17, 15) is 33.4 Å². The zero-order valence-corrected chi connectivity index (χ0v) is 18.4. The third kappa shape index (κ3) is 4.16. The molecule has 0 aliphatic heterocycles. The van der Waals surface area contributed by atoms with Crippen LogP contribution in [0.2, 0.25) is 10.0 Å². The van der Waals surface area contributed by atoms with E-state index in [1.54, 1.807) is 0 Å². The minimum atomic E-state index is -4.70. The van der Waals surface area contributed by atoms with Gasteiger partial charge in [0.25, 0.3) is 21.4 Å². The van der Waals surface area contributed by atoms with Gasteiger partial charge in [-0.1, -0.05) is 23.2 Å². The third-order valence-corrected chi connectivity index (χ3v) is 5.31. The first-order chi connectivity index (χ1) is 12.9. The van der Waals surface area contributed by atoms with Gasteiger partial charge >= 0.3 is 35.2 Å². The van der Waals surface area contributed by atoms with Crippen LogP contribution in [0, 0.1) is 20.2 Å². The number of nitro benzene ring substituents is 2. The summed E-state index contributed by atoms with van der Waals surface area (Å²) in [6.45, 7) is 0. The van der Waals surface area contributed by atoms with E-state index in [-0.39, 0.29) is 51.2 Å². The minimum Gasteiger partial charge on any atom is -0.284 e. The molecule has 0 saturated heterocycles. The molecule has 0 spiro atoms. The molecule has 0 fully saturated rings. The molecule has 0 radical (unpaired) electrons. The van der Waals surface area contributed by atoms with Crippen LogP contribution in [0.3, 0.4) is 0 Å². The Bertz CT molecular complexity index is 1350. The predicted molar refractivity (Wildman–Crippen MR) is 97.0 cm³/mol. The quantitative estimate of drug-likeness (QED) is 0.225. The Hall–Kier alpha value is -2.00. The summed E-state index contributed by atoms with van der Waals surface area (Å²) >= 11 is 11.8. The van der Waals surface area contributed by atoms with E-state index in [0.717, 1.165) is 18.2 Å². The molecule has 0 aliphatic rings. The van der Waals surface area contributed by atoms with Gasteiger partial charge in [-0.3, -0.25) is 34.7 Å². The molecule has 146 valence electrons. The minimum absolute atomic E-state index is 0. The van der Waals surface area contributed by atoms with Crippen molar-refractivity contribution < 1.29 is 52.4 Å². The second kappa shape index (κ2) is 8.02. The molecule has 2 N–H and O–H groups in total. The van der Waals surface area contributed by atoms with Crippen molar-refractivity contribution in [2.24, 2.45) is 0 Å². The van der Waals surface area contributed by atoms with Crippen LogP contribution < -0.4 is 35.1 Å². The van der Waals surface area contributed by atoms with Gasteiger partial charge in [-0.15, -0.1) is 0 Å². The van der Waals surface area contributed by atoms with Crippen molar-refractivity contribution in [1.82, 2.24) is 9.78 Å². The van der Waals surface area contributed by atoms with Gasteiger partial charge in [0.05, 0.1) is 37.0 Å². The van der Waals surface area contributed by atoms with E-state index < -0.39 is 46.8 Å². The number of non-ortho nitro benzene ring substituents is 2. The first-order valence-electron chi connectivity index (χ1n) is 6.96. The van der Waals surface area contributed by atoms with Crippen molar-refractivity contribution in [2.45, 2.75) is 4.90 Å². The third-order valence-electron chi connectivity index (χ3n) is 3.69. The number of nitrogens with one attached hydrogen (secondary N) is 1. The second-order valence-electron chi connectivity index (χ2n) is 5.36. The van der Waals surface area contributed by atoms with Crippen molar-refractivity contribution in [3.63, 3.8) is 0 Å². The SMILES string of the molecule is O=c1c2cc([N+](=O)[O-])cc([N+](=O)[O-])c2[nH]n1-c1cc(Cl)c(S(=O)(=O)O)cc1Cl.[Na+]. The van der Waals surface area contributed by atoms with Crippen molar-refractivity contribution in [3.8, 4) is 5.69 Å². The average molecular weight is 472 g/mol. The predicted octanol–water partition coefficient (Wildman–Crippen LogP) is -0.307. The number of hydrogen-bond donors (Lipinski definition) is 2. The van der Waals surface area contributed by atoms with E-state index >= 15 is 0 Å². The maximum Gasteiger partial charge on any atom is 1.00 e. The number of halogens is 2. The van der Waals surface area contributed by atoms with Gasteiger partial charge in [0.15, 0.2) is 0 Å². The van der Waals surface area contributed by atoms with E-state index in [4.69, 9.17) is 27.8 Å². The Kier molecular flexibility index (Phi) is 6.44. The summed E-state index contributed by atoms with van der Waals surface area (Å²) in [6, 6.07) is 3.24. The standard InChI is InChI=1S/C13H6Cl2N4O8S.Na/c14-7-4-11(28(25,26)27)8(15)3-9(7)17-13(20)6-1-5(18(21)22)2-10(19(23)24)12(6)16-17;/h1-4,16H,(H,25,26,27);/q;+1. The molecule has 3 aromatic rings. The number of benzene rings is 2. The monoisotopic (exact) mass is 471 g/mol. The van der Waals surface area contributed by atoms with Crippen LogP contribution >= 0.6 is 23.2 Å². The molecule has 16 heteroatoms. The Balaban J connectivity index is 0.00000300. The number of fused-ring (bicyclic) bond motifs is 1. The van der Waals surface area contributed by atoms with Gasteiger partial charge in [0.1, 0.15) is 10.4 Å². The van der Waals surface area contributed by atoms with Crippen LogP contribution in [-0.4, -0.2) is 32.6 Å². The molecule has 12 nitrogen and oxygen atoms in total. The number of H-pyrrole nitrogens is 1. The Labute approximate surface area is 192 Å². The molecule has 2 aromatic carbocycles. The van der Waals surface area contributed by atoms with Crippen LogP contribution in [0.25, 0.3) is 16.6 Å². The molecule has 1 aromatic heterocycles. The zero-order valence-electron chi connectivity index (χ0n) is 14.1. The molecule has 0 aliphatic carbocycles. The smallest absolute Gasteiger partial charge is 0.284 e. The fraction of sp³-hybridized carbons (Fsp3) is 0. The number of nitrogens with zero attached hydrogens (tertiary/aromatic N) is 3. The van der Waals surface area contributed by atoms with Gasteiger partial charge in [0, 0.05) is 6.07 Å². The van der Waals surface area contributed by atoms with Crippen LogP contribution in [0.5, 0.6) is 0 Å². The van der Waals surface area contributed by atoms with Crippen molar-refractivity contribution in [3.05, 3.63) is 64.9 Å². The molecule has 0 amide bonds. The van der Waals surface area contributed by atoms with Gasteiger partial charge in [-0.25, -0.2) is 4.68 Å². The molecule has 3 rings (SSSR count). The van der Waals surface area contributed by atoms with Crippen LogP contribution in [0.15, 0.2) is 34.0 Å². The number of aromatic nitrogens is 2. The van der Waals surface area contributed by atoms with Gasteiger partial charge in [0.2, 0.25) is 0 Å². The van der Waals surface area contributed by atoms with E-state index in [2.05, 4.69) is 5.10 Å². The molecule has 0 unspecified atom stereocenters. The Morgan fingerprint density at radius 1 is 1.03 bits per heavy atom. The summed E-state index contributed by atoms with van der Waals surface area (Å²) in [5, 5.41) is 23.4. The Morgan fingerprint density at radius 3 is 2.17 bits per heavy atom. The Morgan fingerprint density at radius 2 is 1.66 bits per heavy atom. The van der Waals surface area contributed by atoms with Gasteiger partial charge in [-0.05, 0) is 12.1 Å². The summed E-state index contributed by atoms with van der Waals surface area (Å²) in [7, 11) is -4.70. The fourth-order valence-corrected chi connectivity index (χ4v) is 3.82. The summed E-state index contributed by atoms with van der Waals surface area (Å²) in [6.07, 6.45) is 0. The van der Waals surface area contributed by atoms with Gasteiger partial charge < -0.3 is 0 Å². The fourth-order valence-electron chi connectivity index (χ4n) is 2.49. The van der Waals surface area contributed by atoms with Crippen LogP contribution in [0.4, 0.5) is 11.4 Å². The molecule has 0 bridgehead atoms. The summed E-state index contributed by atoms with van der Waals surface area (Å²) < 4.78 is 32.4. The first-order valence-corrected chi connectivity index (χ1v) is 9.16. The molecule has 0 saturated carbocycles. The second-order valence-corrected chi connectivity index (χ2v) is 7.57. The van der Waals surface area contributed by atoms with Crippen LogP contribution in [-0.2, 0) is 10.1 Å².